The van der Waals surface area contributed by atoms with Crippen LogP contribution in [-0.4, -0.2) is 33.0 Å². The SMILES string of the molecule is CC(=O)Nc1cccc(NC(=O)CN(c2cccc(C(F)(F)F)c2)S(C)(=O)=O)c1. The second-order valence-electron chi connectivity index (χ2n) is 6.13. The van der Waals surface area contributed by atoms with Gasteiger partial charge >= 0.3 is 6.18 Å². The summed E-state index contributed by atoms with van der Waals surface area (Å²) in [6, 6.07) is 9.80. The largest absolute Gasteiger partial charge is 0.416 e. The maximum Gasteiger partial charge on any atom is 0.416 e. The molecule has 0 aliphatic carbocycles. The van der Waals surface area contributed by atoms with E-state index < -0.39 is 34.2 Å². The summed E-state index contributed by atoms with van der Waals surface area (Å²) in [5, 5.41) is 4.98. The van der Waals surface area contributed by atoms with E-state index in [1.807, 2.05) is 0 Å². The van der Waals surface area contributed by atoms with E-state index in [0.29, 0.717) is 16.1 Å². The van der Waals surface area contributed by atoms with E-state index in [1.54, 1.807) is 12.1 Å². The molecule has 2 aromatic rings. The van der Waals surface area contributed by atoms with Gasteiger partial charge in [-0.2, -0.15) is 13.2 Å². The summed E-state index contributed by atoms with van der Waals surface area (Å²) in [5.74, 6) is -1.09. The van der Waals surface area contributed by atoms with Crippen LogP contribution in [0.2, 0.25) is 0 Å². The van der Waals surface area contributed by atoms with Crippen molar-refractivity contribution in [2.24, 2.45) is 0 Å². The molecular formula is C18H18F3N3O4S. The van der Waals surface area contributed by atoms with Crippen molar-refractivity contribution >= 4 is 38.9 Å². The van der Waals surface area contributed by atoms with E-state index in [4.69, 9.17) is 0 Å². The van der Waals surface area contributed by atoms with E-state index in [1.165, 1.54) is 25.1 Å². The molecule has 2 N–H and O–H groups in total. The number of nitrogens with one attached hydrogen (secondary N) is 2. The number of alkyl halides is 3. The third-order valence-electron chi connectivity index (χ3n) is 3.62. The molecule has 0 saturated heterocycles. The average Bonchev–Trinajstić information content (AvgIpc) is 2.58. The van der Waals surface area contributed by atoms with Gasteiger partial charge in [0.2, 0.25) is 21.8 Å². The number of sulfonamides is 1. The minimum Gasteiger partial charge on any atom is -0.326 e. The summed E-state index contributed by atoms with van der Waals surface area (Å²) >= 11 is 0. The number of rotatable bonds is 6. The Morgan fingerprint density at radius 1 is 1.00 bits per heavy atom. The fourth-order valence-electron chi connectivity index (χ4n) is 2.45. The molecule has 29 heavy (non-hydrogen) atoms. The summed E-state index contributed by atoms with van der Waals surface area (Å²) < 4.78 is 63.5. The second-order valence-corrected chi connectivity index (χ2v) is 8.03. The van der Waals surface area contributed by atoms with Crippen molar-refractivity contribution in [3.8, 4) is 0 Å². The maximum atomic E-state index is 12.9. The number of nitrogens with zero attached hydrogens (tertiary/aromatic N) is 1. The van der Waals surface area contributed by atoms with Crippen molar-refractivity contribution < 1.29 is 31.2 Å². The number of carbonyl (C=O) groups excluding carboxylic acids is 2. The summed E-state index contributed by atoms with van der Waals surface area (Å²) in [7, 11) is -4.04. The highest BCUT2D eigenvalue weighted by molar-refractivity contribution is 7.92. The lowest BCUT2D eigenvalue weighted by Crippen LogP contribution is -2.37. The monoisotopic (exact) mass is 429 g/mol. The van der Waals surface area contributed by atoms with Gasteiger partial charge in [0.1, 0.15) is 6.54 Å². The van der Waals surface area contributed by atoms with Crippen LogP contribution in [0.25, 0.3) is 0 Å². The zero-order chi connectivity index (χ0) is 21.8. The minimum absolute atomic E-state index is 0.277. The van der Waals surface area contributed by atoms with Gasteiger partial charge < -0.3 is 10.6 Å². The molecule has 0 aliphatic heterocycles. The van der Waals surface area contributed by atoms with Crippen LogP contribution in [0.3, 0.4) is 0 Å². The molecule has 2 amide bonds. The van der Waals surface area contributed by atoms with Gasteiger partial charge in [-0.15, -0.1) is 0 Å². The van der Waals surface area contributed by atoms with Gasteiger partial charge in [0, 0.05) is 18.3 Å². The Kier molecular flexibility index (Phi) is 6.52. The Labute approximate surface area is 165 Å². The first-order valence-corrected chi connectivity index (χ1v) is 10.0. The molecule has 0 unspecified atom stereocenters. The van der Waals surface area contributed by atoms with Gasteiger partial charge in [-0.3, -0.25) is 13.9 Å². The summed E-state index contributed by atoms with van der Waals surface area (Å²) in [5.41, 5.74) is -0.636. The summed E-state index contributed by atoms with van der Waals surface area (Å²) in [6.45, 7) is 0.578. The van der Waals surface area contributed by atoms with Crippen LogP contribution >= 0.6 is 0 Å². The summed E-state index contributed by atoms with van der Waals surface area (Å²) in [6.07, 6.45) is -3.87. The average molecular weight is 429 g/mol. The third kappa shape index (κ3) is 6.49. The Hall–Kier alpha value is -3.08. The number of benzene rings is 2. The second kappa shape index (κ2) is 8.52. The first-order valence-electron chi connectivity index (χ1n) is 8.19. The van der Waals surface area contributed by atoms with Crippen LogP contribution < -0.4 is 14.9 Å². The molecule has 0 bridgehead atoms. The number of anilines is 3. The Morgan fingerprint density at radius 3 is 2.14 bits per heavy atom. The molecule has 0 heterocycles. The zero-order valence-electron chi connectivity index (χ0n) is 15.4. The predicted octanol–water partition coefficient (Wildman–Crippen LogP) is 3.07. The first kappa shape index (κ1) is 22.2. The van der Waals surface area contributed by atoms with Crippen molar-refractivity contribution in [1.29, 1.82) is 0 Å². The van der Waals surface area contributed by atoms with Gasteiger partial charge in [0.05, 0.1) is 17.5 Å². The van der Waals surface area contributed by atoms with Crippen LogP contribution in [0, 0.1) is 0 Å². The quantitative estimate of drug-likeness (QED) is 0.738. The van der Waals surface area contributed by atoms with Crippen molar-refractivity contribution in [3.05, 3.63) is 54.1 Å². The molecule has 0 radical (unpaired) electrons. The van der Waals surface area contributed by atoms with Gasteiger partial charge in [-0.1, -0.05) is 12.1 Å². The van der Waals surface area contributed by atoms with E-state index in [-0.39, 0.29) is 17.3 Å². The van der Waals surface area contributed by atoms with Gasteiger partial charge in [-0.05, 0) is 36.4 Å². The third-order valence-corrected chi connectivity index (χ3v) is 4.76. The normalized spacial score (nSPS) is 11.6. The number of amides is 2. The number of hydrogen-bond donors (Lipinski definition) is 2. The standard InChI is InChI=1S/C18H18F3N3O4S/c1-12(25)22-14-6-4-7-15(10-14)23-17(26)11-24(29(2,27)28)16-8-3-5-13(9-16)18(19,20)21/h3-10H,11H2,1-2H3,(H,22,25)(H,23,26). The highest BCUT2D eigenvalue weighted by Crippen LogP contribution is 2.32. The molecule has 11 heteroatoms. The molecule has 0 spiro atoms. The molecule has 7 nitrogen and oxygen atoms in total. The van der Waals surface area contributed by atoms with Crippen molar-refractivity contribution in [3.63, 3.8) is 0 Å². The van der Waals surface area contributed by atoms with Crippen molar-refractivity contribution in [2.75, 3.05) is 27.7 Å². The Bertz CT molecular complexity index is 1020. The maximum absolute atomic E-state index is 12.9. The molecule has 0 atom stereocenters. The van der Waals surface area contributed by atoms with Crippen LogP contribution in [0.4, 0.5) is 30.2 Å². The van der Waals surface area contributed by atoms with Crippen molar-refractivity contribution in [1.82, 2.24) is 0 Å². The Morgan fingerprint density at radius 2 is 1.59 bits per heavy atom. The van der Waals surface area contributed by atoms with Crippen LogP contribution in [0.1, 0.15) is 12.5 Å². The fourth-order valence-corrected chi connectivity index (χ4v) is 3.29. The van der Waals surface area contributed by atoms with Gasteiger partial charge in [0.25, 0.3) is 0 Å². The van der Waals surface area contributed by atoms with Gasteiger partial charge in [-0.25, -0.2) is 8.42 Å². The van der Waals surface area contributed by atoms with E-state index >= 15 is 0 Å². The van der Waals surface area contributed by atoms with Crippen molar-refractivity contribution in [2.45, 2.75) is 13.1 Å². The number of halogens is 3. The smallest absolute Gasteiger partial charge is 0.326 e. The highest BCUT2D eigenvalue weighted by atomic mass is 32.2. The Balaban J connectivity index is 2.24. The predicted molar refractivity (Wildman–Crippen MR) is 103 cm³/mol. The molecule has 2 rings (SSSR count). The highest BCUT2D eigenvalue weighted by Gasteiger charge is 2.32. The minimum atomic E-state index is -4.66. The van der Waals surface area contributed by atoms with Crippen LogP contribution in [0.15, 0.2) is 48.5 Å². The van der Waals surface area contributed by atoms with E-state index in [2.05, 4.69) is 10.6 Å². The topological polar surface area (TPSA) is 95.6 Å². The first-order chi connectivity index (χ1) is 13.4. The van der Waals surface area contributed by atoms with Gasteiger partial charge in [0.15, 0.2) is 0 Å². The van der Waals surface area contributed by atoms with E-state index in [9.17, 15) is 31.2 Å². The molecule has 0 saturated carbocycles. The molecule has 0 aromatic heterocycles. The van der Waals surface area contributed by atoms with Crippen LogP contribution in [-0.2, 0) is 25.8 Å². The lowest BCUT2D eigenvalue weighted by atomic mass is 10.2. The van der Waals surface area contributed by atoms with Crippen LogP contribution in [0.5, 0.6) is 0 Å². The molecule has 0 aliphatic rings. The number of carbonyl (C=O) groups is 2. The zero-order valence-corrected chi connectivity index (χ0v) is 16.3. The lowest BCUT2D eigenvalue weighted by Gasteiger charge is -2.23. The number of hydrogen-bond acceptors (Lipinski definition) is 4. The molecule has 0 fully saturated rings. The molecule has 156 valence electrons. The molecule has 2 aromatic carbocycles. The fraction of sp³-hybridized carbons (Fsp3) is 0.222. The lowest BCUT2D eigenvalue weighted by molar-refractivity contribution is -0.137. The summed E-state index contributed by atoms with van der Waals surface area (Å²) in [4.78, 5) is 23.4. The molecular weight excluding hydrogens is 411 g/mol. The van der Waals surface area contributed by atoms with E-state index in [0.717, 1.165) is 18.4 Å².